The van der Waals surface area contributed by atoms with Gasteiger partial charge in [0, 0.05) is 129 Å². The third-order valence-corrected chi connectivity index (χ3v) is 15.1. The van der Waals surface area contributed by atoms with Crippen LogP contribution in [-0.2, 0) is 61.3 Å². The van der Waals surface area contributed by atoms with E-state index in [1.54, 1.807) is 0 Å². The molecule has 0 radical (unpaired) electrons. The van der Waals surface area contributed by atoms with E-state index in [2.05, 4.69) is 170 Å². The number of nitrogens with zero attached hydrogens (tertiary/aromatic N) is 8. The summed E-state index contributed by atoms with van der Waals surface area (Å²) in [6.07, 6.45) is 22.0. The lowest BCUT2D eigenvalue weighted by Gasteiger charge is -2.27. The molecule has 2 aliphatic heterocycles. The number of carbonyl (C=O) groups excluding carboxylic acids is 1. The summed E-state index contributed by atoms with van der Waals surface area (Å²) in [6.45, 7) is 13.8. The van der Waals surface area contributed by atoms with E-state index in [1.165, 1.54) is 33.9 Å². The SMILES string of the molecule is C[N+]1=C(/C=C/C=C/C=C2\N(CCCCCC(=O)NCCc3cc(CN(Cc4ccccn4)Cc4ccccn4)c(O)c(CN(Cc4ccccn4)Cc4ccccn4)c3)c3ccccc3C2(C)C)C(C)(C)c2ccccc21. The Morgan fingerprint density at radius 1 is 0.610 bits per heavy atom. The molecule has 1 amide bonds. The molecule has 77 heavy (non-hydrogen) atoms. The maximum atomic E-state index is 13.5. The molecule has 9 rings (SSSR count). The standard InChI is InChI=1S/C66H73N9O2/c1-65(2)57-28-11-13-30-59(57)72(5)61(65)32-8-6-9-33-62-66(3,4)58-29-12-14-31-60(58)75(62)41-23-7-10-34-63(76)71-40-35-50-42-51(44-73(46-53-24-15-19-36-67-53)47-54-25-16-20-37-68-54)64(77)52(43-50)45-74(48-55-26-17-21-38-69-55)49-56-27-18-22-39-70-56/h6,8-9,11-22,24-33,36-39,42-43H,7,10,23,34-35,40-41,44-49H2,1-5H3,(H-,71,76,77)/p+1. The number of hydrogen-bond acceptors (Lipinski definition) is 9. The summed E-state index contributed by atoms with van der Waals surface area (Å²) >= 11 is 0. The molecule has 0 unspecified atom stereocenters. The van der Waals surface area contributed by atoms with E-state index in [1.807, 2.05) is 97.6 Å². The Bertz CT molecular complexity index is 3010. The summed E-state index contributed by atoms with van der Waals surface area (Å²) in [4.78, 5) is 39.0. The summed E-state index contributed by atoms with van der Waals surface area (Å²) < 4.78 is 2.31. The first-order chi connectivity index (χ1) is 37.4. The minimum atomic E-state index is -0.148. The highest BCUT2D eigenvalue weighted by atomic mass is 16.3. The molecule has 0 atom stereocenters. The minimum absolute atomic E-state index is 0.0543. The Balaban J connectivity index is 0.845. The zero-order chi connectivity index (χ0) is 53.6. The first-order valence-electron chi connectivity index (χ1n) is 27.2. The molecule has 0 aliphatic carbocycles. The van der Waals surface area contributed by atoms with Gasteiger partial charge in [0.25, 0.3) is 0 Å². The third kappa shape index (κ3) is 13.6. The van der Waals surface area contributed by atoms with Crippen LogP contribution in [0.3, 0.4) is 0 Å². The van der Waals surface area contributed by atoms with Gasteiger partial charge in [-0.2, -0.15) is 4.58 Å². The number of benzene rings is 3. The van der Waals surface area contributed by atoms with E-state index < -0.39 is 0 Å². The van der Waals surface area contributed by atoms with Gasteiger partial charge in [0.15, 0.2) is 5.71 Å². The summed E-state index contributed by atoms with van der Waals surface area (Å²) in [6, 6.07) is 45.4. The van der Waals surface area contributed by atoms with Crippen molar-refractivity contribution in [1.29, 1.82) is 0 Å². The molecule has 6 heterocycles. The average molecular weight is 1030 g/mol. The van der Waals surface area contributed by atoms with Crippen molar-refractivity contribution >= 4 is 23.0 Å². The number of nitrogens with one attached hydrogen (secondary N) is 1. The van der Waals surface area contributed by atoms with Crippen LogP contribution in [0.15, 0.2) is 194 Å². The number of aromatic hydroxyl groups is 1. The van der Waals surface area contributed by atoms with Gasteiger partial charge in [0.1, 0.15) is 12.8 Å². The number of phenolic OH excluding ortho intramolecular Hbond substituents is 1. The predicted molar refractivity (Wildman–Crippen MR) is 310 cm³/mol. The van der Waals surface area contributed by atoms with Crippen molar-refractivity contribution in [3.63, 3.8) is 0 Å². The number of para-hydroxylation sites is 2. The number of allylic oxidation sites excluding steroid dienone is 6. The van der Waals surface area contributed by atoms with Crippen LogP contribution in [0.4, 0.5) is 11.4 Å². The Morgan fingerprint density at radius 3 is 1.66 bits per heavy atom. The number of aromatic nitrogens is 4. The van der Waals surface area contributed by atoms with Crippen molar-refractivity contribution < 1.29 is 14.5 Å². The maximum Gasteiger partial charge on any atom is 0.220 e. The molecule has 0 bridgehead atoms. The molecule has 0 spiro atoms. The Hall–Kier alpha value is -7.86. The van der Waals surface area contributed by atoms with Crippen LogP contribution in [0.25, 0.3) is 0 Å². The van der Waals surface area contributed by atoms with Gasteiger partial charge in [0.05, 0.1) is 28.2 Å². The van der Waals surface area contributed by atoms with Crippen molar-refractivity contribution in [2.45, 2.75) is 110 Å². The molecule has 2 N–H and O–H groups in total. The molecule has 0 fully saturated rings. The van der Waals surface area contributed by atoms with E-state index in [-0.39, 0.29) is 22.5 Å². The molecule has 4 aromatic heterocycles. The number of unbranched alkanes of at least 4 members (excludes halogenated alkanes) is 2. The minimum Gasteiger partial charge on any atom is -0.507 e. The second-order valence-electron chi connectivity index (χ2n) is 21.4. The van der Waals surface area contributed by atoms with E-state index in [0.717, 1.165) is 65.3 Å². The van der Waals surface area contributed by atoms with Gasteiger partial charge < -0.3 is 15.3 Å². The number of anilines is 1. The van der Waals surface area contributed by atoms with Gasteiger partial charge >= 0.3 is 0 Å². The number of phenols is 1. The highest BCUT2D eigenvalue weighted by Crippen LogP contribution is 2.48. The second kappa shape index (κ2) is 25.3. The fourth-order valence-electron chi connectivity index (χ4n) is 11.1. The van der Waals surface area contributed by atoms with Gasteiger partial charge in [-0.3, -0.25) is 34.5 Å². The molecule has 11 heteroatoms. The number of amides is 1. The van der Waals surface area contributed by atoms with E-state index in [4.69, 9.17) is 0 Å². The van der Waals surface area contributed by atoms with Crippen molar-refractivity contribution in [2.75, 3.05) is 25.0 Å². The van der Waals surface area contributed by atoms with Crippen molar-refractivity contribution in [3.8, 4) is 5.75 Å². The monoisotopic (exact) mass is 1020 g/mol. The van der Waals surface area contributed by atoms with Crippen molar-refractivity contribution in [1.82, 2.24) is 35.1 Å². The molecule has 0 saturated carbocycles. The van der Waals surface area contributed by atoms with Gasteiger partial charge in [-0.1, -0.05) is 111 Å². The maximum absolute atomic E-state index is 13.5. The van der Waals surface area contributed by atoms with Gasteiger partial charge in [-0.15, -0.1) is 0 Å². The lowest BCUT2D eigenvalue weighted by Crippen LogP contribution is -2.27. The largest absolute Gasteiger partial charge is 0.507 e. The summed E-state index contributed by atoms with van der Waals surface area (Å²) in [5.74, 6) is 0.311. The van der Waals surface area contributed by atoms with Crippen molar-refractivity contribution in [2.24, 2.45) is 0 Å². The van der Waals surface area contributed by atoms with Crippen LogP contribution < -0.4 is 10.2 Å². The predicted octanol–water partition coefficient (Wildman–Crippen LogP) is 12.1. The van der Waals surface area contributed by atoms with Crippen LogP contribution in [0.1, 0.15) is 104 Å². The molecule has 2 aliphatic rings. The van der Waals surface area contributed by atoms with Gasteiger partial charge in [-0.25, -0.2) is 0 Å². The first-order valence-corrected chi connectivity index (χ1v) is 27.2. The molecule has 394 valence electrons. The Morgan fingerprint density at radius 2 is 1.13 bits per heavy atom. The highest BCUT2D eigenvalue weighted by Gasteiger charge is 2.42. The zero-order valence-corrected chi connectivity index (χ0v) is 45.5. The van der Waals surface area contributed by atoms with Crippen LogP contribution in [0.5, 0.6) is 5.75 Å². The summed E-state index contributed by atoms with van der Waals surface area (Å²) in [5.41, 5.74) is 13.9. The fraction of sp³-hybridized carbons (Fsp3) is 0.303. The molecule has 11 nitrogen and oxygen atoms in total. The lowest BCUT2D eigenvalue weighted by atomic mass is 9.81. The first kappa shape index (κ1) is 53.9. The summed E-state index contributed by atoms with van der Waals surface area (Å²) in [5, 5.41) is 15.5. The van der Waals surface area contributed by atoms with E-state index in [9.17, 15) is 9.90 Å². The van der Waals surface area contributed by atoms with Crippen LogP contribution in [-0.4, -0.2) is 71.2 Å². The number of fused-ring (bicyclic) bond motifs is 2. The Kier molecular flexibility index (Phi) is 17.7. The van der Waals surface area contributed by atoms with Crippen LogP contribution >= 0.6 is 0 Å². The number of rotatable bonds is 24. The average Bonchev–Trinajstić information content (AvgIpc) is 3.77. The van der Waals surface area contributed by atoms with Gasteiger partial charge in [0.2, 0.25) is 11.6 Å². The van der Waals surface area contributed by atoms with Crippen LogP contribution in [0.2, 0.25) is 0 Å². The van der Waals surface area contributed by atoms with Gasteiger partial charge in [-0.05, 0) is 105 Å². The fourth-order valence-corrected chi connectivity index (χ4v) is 11.1. The lowest BCUT2D eigenvalue weighted by molar-refractivity contribution is -0.401. The topological polar surface area (TPSA) is 114 Å². The smallest absolute Gasteiger partial charge is 0.220 e. The molecule has 3 aromatic carbocycles. The van der Waals surface area contributed by atoms with Crippen molar-refractivity contribution in [3.05, 3.63) is 245 Å². The number of pyridine rings is 4. The Labute approximate surface area is 456 Å². The zero-order valence-electron chi connectivity index (χ0n) is 45.5. The third-order valence-electron chi connectivity index (χ3n) is 15.1. The van der Waals surface area contributed by atoms with Crippen LogP contribution in [0, 0.1) is 0 Å². The normalized spacial score (nSPS) is 15.1. The number of hydrogen-bond donors (Lipinski definition) is 2. The second-order valence-corrected chi connectivity index (χ2v) is 21.4. The van der Waals surface area contributed by atoms with E-state index in [0.29, 0.717) is 58.7 Å². The quantitative estimate of drug-likeness (QED) is 0.0347. The molecule has 7 aromatic rings. The molecule has 0 saturated heterocycles. The summed E-state index contributed by atoms with van der Waals surface area (Å²) in [7, 11) is 2.16. The molecular weight excluding hydrogens is 951 g/mol. The van der Waals surface area contributed by atoms with E-state index >= 15 is 0 Å². The highest BCUT2D eigenvalue weighted by molar-refractivity contribution is 6.03. The number of carbonyl (C=O) groups is 1. The molecular formula is C66H74N9O2+.